The molecule has 0 spiro atoms. The predicted octanol–water partition coefficient (Wildman–Crippen LogP) is 7.70. The van der Waals surface area contributed by atoms with E-state index in [4.69, 9.17) is 44.5 Å². The molecule has 0 atom stereocenters. The number of carbonyl (C=O) groups excluding carboxylic acids is 1. The lowest BCUT2D eigenvalue weighted by molar-refractivity contribution is 0.102. The van der Waals surface area contributed by atoms with Crippen molar-refractivity contribution in [3.8, 4) is 27.6 Å². The van der Waals surface area contributed by atoms with E-state index >= 15 is 0 Å². The molecule has 1 amide bonds. The number of thiazole rings is 1. The van der Waals surface area contributed by atoms with Crippen LogP contribution in [0.5, 0.6) is 5.75 Å². The second-order valence-corrected chi connectivity index (χ2v) is 8.62. The van der Waals surface area contributed by atoms with Crippen LogP contribution in [0.4, 0.5) is 5.69 Å². The quantitative estimate of drug-likeness (QED) is 0.312. The molecule has 1 aromatic heterocycles. The van der Waals surface area contributed by atoms with E-state index in [1.807, 2.05) is 41.8 Å². The van der Waals surface area contributed by atoms with Crippen molar-refractivity contribution in [2.75, 3.05) is 12.4 Å². The summed E-state index contributed by atoms with van der Waals surface area (Å²) in [6, 6.07) is 18.1. The van der Waals surface area contributed by atoms with Crippen LogP contribution in [0, 0.1) is 0 Å². The van der Waals surface area contributed by atoms with Crippen LogP contribution in [0.25, 0.3) is 21.8 Å². The Labute approximate surface area is 198 Å². The Bertz CT molecular complexity index is 1240. The lowest BCUT2D eigenvalue weighted by atomic mass is 10.1. The maximum absolute atomic E-state index is 12.8. The third-order valence-corrected chi connectivity index (χ3v) is 6.28. The van der Waals surface area contributed by atoms with Crippen LogP contribution in [-0.4, -0.2) is 18.0 Å². The number of carbonyl (C=O) groups is 1. The maximum Gasteiger partial charge on any atom is 0.261 e. The van der Waals surface area contributed by atoms with E-state index < -0.39 is 5.91 Å². The lowest BCUT2D eigenvalue weighted by Crippen LogP contribution is -2.14. The molecule has 0 fully saturated rings. The Balaban J connectivity index is 1.53. The molecule has 0 saturated heterocycles. The highest BCUT2D eigenvalue weighted by Gasteiger charge is 2.19. The fraction of sp³-hybridized carbons (Fsp3) is 0.0435. The summed E-state index contributed by atoms with van der Waals surface area (Å²) in [7, 11) is 1.44. The zero-order chi connectivity index (χ0) is 22.0. The zero-order valence-electron chi connectivity index (χ0n) is 16.2. The van der Waals surface area contributed by atoms with Crippen LogP contribution in [-0.2, 0) is 0 Å². The highest BCUT2D eigenvalue weighted by atomic mass is 35.5. The number of methoxy groups -OCH3 is 1. The van der Waals surface area contributed by atoms with Gasteiger partial charge in [0.15, 0.2) is 5.75 Å². The van der Waals surface area contributed by atoms with Gasteiger partial charge in [-0.15, -0.1) is 11.3 Å². The number of hydrogen-bond acceptors (Lipinski definition) is 4. The number of amides is 1. The van der Waals surface area contributed by atoms with Gasteiger partial charge in [0.1, 0.15) is 10.6 Å². The number of hydrogen-bond donors (Lipinski definition) is 1. The summed E-state index contributed by atoms with van der Waals surface area (Å²) in [5.41, 5.74) is 3.60. The SMILES string of the molecule is COc1c(Cl)ccc(Cl)c1C(=O)Nc1ccc(-c2csc(-c3ccc(Cl)cc3)n2)cc1. The first kappa shape index (κ1) is 21.7. The number of aromatic nitrogens is 1. The summed E-state index contributed by atoms with van der Waals surface area (Å²) in [5, 5.41) is 6.99. The first-order chi connectivity index (χ1) is 15.0. The Morgan fingerprint density at radius 1 is 0.903 bits per heavy atom. The Kier molecular flexibility index (Phi) is 6.49. The number of rotatable bonds is 5. The fourth-order valence-corrected chi connectivity index (χ4v) is 4.42. The smallest absolute Gasteiger partial charge is 0.261 e. The zero-order valence-corrected chi connectivity index (χ0v) is 19.2. The molecule has 4 aromatic rings. The number of halogens is 3. The summed E-state index contributed by atoms with van der Waals surface area (Å²) in [4.78, 5) is 17.5. The van der Waals surface area contributed by atoms with Gasteiger partial charge in [-0.3, -0.25) is 4.79 Å². The normalized spacial score (nSPS) is 10.7. The van der Waals surface area contributed by atoms with Crippen LogP contribution in [0.15, 0.2) is 66.0 Å². The van der Waals surface area contributed by atoms with Crippen molar-refractivity contribution in [2.45, 2.75) is 0 Å². The third-order valence-electron chi connectivity index (χ3n) is 4.52. The highest BCUT2D eigenvalue weighted by molar-refractivity contribution is 7.13. The first-order valence-electron chi connectivity index (χ1n) is 9.11. The summed E-state index contributed by atoms with van der Waals surface area (Å²) in [6.07, 6.45) is 0. The van der Waals surface area contributed by atoms with Crippen molar-refractivity contribution >= 4 is 57.7 Å². The van der Waals surface area contributed by atoms with Crippen LogP contribution >= 0.6 is 46.1 Å². The number of benzene rings is 3. The van der Waals surface area contributed by atoms with Gasteiger partial charge in [0.05, 0.1) is 22.8 Å². The van der Waals surface area contributed by atoms with E-state index in [0.717, 1.165) is 21.8 Å². The second-order valence-electron chi connectivity index (χ2n) is 6.51. The molecule has 0 aliphatic rings. The standard InChI is InChI=1S/C23H15Cl3N2O2S/c1-30-21-18(26)11-10-17(25)20(21)22(29)27-16-8-4-13(5-9-16)19-12-31-23(28-19)14-2-6-15(24)7-3-14/h2-12H,1H3,(H,27,29). The van der Waals surface area contributed by atoms with E-state index in [1.54, 1.807) is 35.6 Å². The van der Waals surface area contributed by atoms with Gasteiger partial charge < -0.3 is 10.1 Å². The summed E-state index contributed by atoms with van der Waals surface area (Å²) < 4.78 is 5.25. The Hall–Kier alpha value is -2.57. The molecule has 156 valence electrons. The van der Waals surface area contributed by atoms with Gasteiger partial charge in [-0.2, -0.15) is 0 Å². The van der Waals surface area contributed by atoms with Crippen LogP contribution in [0.3, 0.4) is 0 Å². The number of nitrogens with zero attached hydrogens (tertiary/aromatic N) is 1. The van der Waals surface area contributed by atoms with Gasteiger partial charge >= 0.3 is 0 Å². The van der Waals surface area contributed by atoms with Crippen LogP contribution in [0.2, 0.25) is 15.1 Å². The Morgan fingerprint density at radius 2 is 1.55 bits per heavy atom. The van der Waals surface area contributed by atoms with E-state index in [0.29, 0.717) is 15.7 Å². The molecule has 0 saturated carbocycles. The predicted molar refractivity (Wildman–Crippen MR) is 129 cm³/mol. The fourth-order valence-electron chi connectivity index (χ4n) is 2.99. The van der Waals surface area contributed by atoms with Crippen LogP contribution in [0.1, 0.15) is 10.4 Å². The van der Waals surface area contributed by atoms with Crippen molar-refractivity contribution in [3.05, 3.63) is 86.7 Å². The topological polar surface area (TPSA) is 51.2 Å². The Morgan fingerprint density at radius 3 is 2.23 bits per heavy atom. The lowest BCUT2D eigenvalue weighted by Gasteiger charge is -2.12. The molecule has 0 aliphatic heterocycles. The largest absolute Gasteiger partial charge is 0.494 e. The minimum absolute atomic E-state index is 0.188. The van der Waals surface area contributed by atoms with Gasteiger partial charge in [-0.05, 0) is 36.4 Å². The van der Waals surface area contributed by atoms with Gasteiger partial charge in [0, 0.05) is 27.2 Å². The minimum atomic E-state index is -0.407. The summed E-state index contributed by atoms with van der Waals surface area (Å²) >= 11 is 19.8. The molecular weight excluding hydrogens is 475 g/mol. The third kappa shape index (κ3) is 4.70. The van der Waals surface area contributed by atoms with Crippen molar-refractivity contribution in [3.63, 3.8) is 0 Å². The number of ether oxygens (including phenoxy) is 1. The molecule has 4 nitrogen and oxygen atoms in total. The van der Waals surface area contributed by atoms with Gasteiger partial charge in [-0.1, -0.05) is 59.1 Å². The number of anilines is 1. The average molecular weight is 490 g/mol. The van der Waals surface area contributed by atoms with Crippen molar-refractivity contribution in [1.82, 2.24) is 4.98 Å². The molecule has 0 unspecified atom stereocenters. The van der Waals surface area contributed by atoms with E-state index in [-0.39, 0.29) is 16.3 Å². The van der Waals surface area contributed by atoms with Crippen molar-refractivity contribution in [2.24, 2.45) is 0 Å². The van der Waals surface area contributed by atoms with Crippen molar-refractivity contribution < 1.29 is 9.53 Å². The van der Waals surface area contributed by atoms with Crippen molar-refractivity contribution in [1.29, 1.82) is 0 Å². The van der Waals surface area contributed by atoms with Gasteiger partial charge in [-0.25, -0.2) is 4.98 Å². The molecule has 3 aromatic carbocycles. The molecule has 8 heteroatoms. The van der Waals surface area contributed by atoms with Gasteiger partial charge in [0.25, 0.3) is 5.91 Å². The monoisotopic (exact) mass is 488 g/mol. The molecule has 0 radical (unpaired) electrons. The van der Waals surface area contributed by atoms with Gasteiger partial charge in [0.2, 0.25) is 0 Å². The number of nitrogens with one attached hydrogen (secondary N) is 1. The maximum atomic E-state index is 12.8. The molecule has 31 heavy (non-hydrogen) atoms. The van der Waals surface area contributed by atoms with E-state index in [2.05, 4.69) is 5.32 Å². The van der Waals surface area contributed by atoms with E-state index in [1.165, 1.54) is 7.11 Å². The second kappa shape index (κ2) is 9.28. The molecule has 4 rings (SSSR count). The molecular formula is C23H15Cl3N2O2S. The summed E-state index contributed by atoms with van der Waals surface area (Å²) in [5.74, 6) is -0.170. The summed E-state index contributed by atoms with van der Waals surface area (Å²) in [6.45, 7) is 0. The van der Waals surface area contributed by atoms with E-state index in [9.17, 15) is 4.79 Å². The minimum Gasteiger partial charge on any atom is -0.494 e. The molecule has 1 heterocycles. The molecule has 0 bridgehead atoms. The highest BCUT2D eigenvalue weighted by Crippen LogP contribution is 2.35. The van der Waals surface area contributed by atoms with Crippen LogP contribution < -0.4 is 10.1 Å². The molecule has 1 N–H and O–H groups in total. The molecule has 0 aliphatic carbocycles. The average Bonchev–Trinajstić information content (AvgIpc) is 3.26. The first-order valence-corrected chi connectivity index (χ1v) is 11.1.